The molecule has 0 bridgehead atoms. The van der Waals surface area contributed by atoms with E-state index in [1.54, 1.807) is 16.6 Å². The average molecular weight is 376 g/mol. The van der Waals surface area contributed by atoms with Gasteiger partial charge in [0.05, 0.1) is 0 Å². The number of rotatable bonds is 8. The number of pyridine rings is 1. The van der Waals surface area contributed by atoms with Crippen LogP contribution in [0.1, 0.15) is 33.1 Å². The van der Waals surface area contributed by atoms with Gasteiger partial charge in [-0.1, -0.05) is 6.92 Å². The Kier molecular flexibility index (Phi) is 5.62. The summed E-state index contributed by atoms with van der Waals surface area (Å²) >= 11 is 3.32. The molecule has 1 saturated carbocycles. The maximum absolute atomic E-state index is 13.0. The second-order valence-corrected chi connectivity index (χ2v) is 8.16. The topological polar surface area (TPSA) is 62.3 Å². The van der Waals surface area contributed by atoms with Crippen LogP contribution in [0.25, 0.3) is 0 Å². The fourth-order valence-electron chi connectivity index (χ4n) is 2.20. The molecule has 1 fully saturated rings. The number of aromatic nitrogens is 1. The Hall–Kier alpha value is -0.660. The first-order valence-corrected chi connectivity index (χ1v) is 9.61. The molecule has 1 aliphatic rings. The third-order valence-corrected chi connectivity index (χ3v) is 5.73. The van der Waals surface area contributed by atoms with Crippen molar-refractivity contribution in [2.75, 3.05) is 25.0 Å². The van der Waals surface area contributed by atoms with E-state index in [1.165, 1.54) is 0 Å². The molecular weight excluding hydrogens is 354 g/mol. The van der Waals surface area contributed by atoms with Crippen LogP contribution in [0, 0.1) is 5.92 Å². The standard InChI is InChI=1S/C14H22BrN3O2S/c1-3-7-18(10-11-5-6-11)21(19,20)13-8-12(15)9-17-14(13)16-4-2/h8-9,11H,3-7,10H2,1-2H3,(H,16,17). The third-order valence-electron chi connectivity index (χ3n) is 3.41. The van der Waals surface area contributed by atoms with E-state index in [0.29, 0.717) is 35.8 Å². The van der Waals surface area contributed by atoms with Crippen molar-refractivity contribution in [2.45, 2.75) is 38.0 Å². The van der Waals surface area contributed by atoms with Crippen molar-refractivity contribution in [3.05, 3.63) is 16.7 Å². The zero-order valence-electron chi connectivity index (χ0n) is 12.5. The van der Waals surface area contributed by atoms with E-state index in [-0.39, 0.29) is 4.90 Å². The predicted molar refractivity (Wildman–Crippen MR) is 87.9 cm³/mol. The molecule has 21 heavy (non-hydrogen) atoms. The summed E-state index contributed by atoms with van der Waals surface area (Å²) in [4.78, 5) is 4.46. The number of nitrogens with one attached hydrogen (secondary N) is 1. The fourth-order valence-corrected chi connectivity index (χ4v) is 4.44. The predicted octanol–water partition coefficient (Wildman–Crippen LogP) is 3.09. The number of anilines is 1. The van der Waals surface area contributed by atoms with Gasteiger partial charge in [-0.25, -0.2) is 13.4 Å². The molecule has 1 N–H and O–H groups in total. The highest BCUT2D eigenvalue weighted by Gasteiger charge is 2.33. The lowest BCUT2D eigenvalue weighted by atomic mass is 10.4. The number of halogens is 1. The minimum atomic E-state index is -3.52. The average Bonchev–Trinajstić information content (AvgIpc) is 3.24. The van der Waals surface area contributed by atoms with Crippen molar-refractivity contribution in [1.29, 1.82) is 0 Å². The molecule has 5 nitrogen and oxygen atoms in total. The first-order valence-electron chi connectivity index (χ1n) is 7.38. The normalized spacial score (nSPS) is 15.4. The van der Waals surface area contributed by atoms with E-state index in [4.69, 9.17) is 0 Å². The van der Waals surface area contributed by atoms with E-state index in [0.717, 1.165) is 19.3 Å². The van der Waals surface area contributed by atoms with E-state index in [1.807, 2.05) is 13.8 Å². The minimum absolute atomic E-state index is 0.257. The van der Waals surface area contributed by atoms with Crippen molar-refractivity contribution in [3.63, 3.8) is 0 Å². The summed E-state index contributed by atoms with van der Waals surface area (Å²) in [6.45, 7) is 5.73. The molecule has 0 spiro atoms. The minimum Gasteiger partial charge on any atom is -0.369 e. The molecule has 7 heteroatoms. The van der Waals surface area contributed by atoms with Crippen LogP contribution >= 0.6 is 15.9 Å². The first kappa shape index (κ1) is 16.7. The number of nitrogens with zero attached hydrogens (tertiary/aromatic N) is 2. The summed E-state index contributed by atoms with van der Waals surface area (Å²) in [7, 11) is -3.52. The largest absolute Gasteiger partial charge is 0.369 e. The van der Waals surface area contributed by atoms with Crippen molar-refractivity contribution in [1.82, 2.24) is 9.29 Å². The molecule has 1 aromatic heterocycles. The lowest BCUT2D eigenvalue weighted by molar-refractivity contribution is 0.395. The highest BCUT2D eigenvalue weighted by Crippen LogP contribution is 2.33. The van der Waals surface area contributed by atoms with Crippen molar-refractivity contribution < 1.29 is 8.42 Å². The van der Waals surface area contributed by atoms with Crippen molar-refractivity contribution in [3.8, 4) is 0 Å². The number of sulfonamides is 1. The lowest BCUT2D eigenvalue weighted by Gasteiger charge is -2.23. The Balaban J connectivity index is 2.37. The van der Waals surface area contributed by atoms with Gasteiger partial charge in [0.25, 0.3) is 0 Å². The second kappa shape index (κ2) is 7.07. The lowest BCUT2D eigenvalue weighted by Crippen LogP contribution is -2.34. The zero-order valence-corrected chi connectivity index (χ0v) is 14.9. The van der Waals surface area contributed by atoms with Crippen LogP contribution in [0.3, 0.4) is 0 Å². The number of hydrogen-bond donors (Lipinski definition) is 1. The van der Waals surface area contributed by atoms with Crippen LogP contribution in [0.5, 0.6) is 0 Å². The third kappa shape index (κ3) is 4.17. The monoisotopic (exact) mass is 375 g/mol. The molecular formula is C14H22BrN3O2S. The van der Waals surface area contributed by atoms with Crippen LogP contribution in [0.2, 0.25) is 0 Å². The van der Waals surface area contributed by atoms with Gasteiger partial charge in [-0.2, -0.15) is 4.31 Å². The van der Waals surface area contributed by atoms with Gasteiger partial charge in [0.15, 0.2) is 0 Å². The zero-order chi connectivity index (χ0) is 15.5. The second-order valence-electron chi connectivity index (χ2n) is 5.34. The molecule has 0 radical (unpaired) electrons. The highest BCUT2D eigenvalue weighted by atomic mass is 79.9. The molecule has 1 aromatic rings. The molecule has 0 atom stereocenters. The van der Waals surface area contributed by atoms with Gasteiger partial charge in [-0.15, -0.1) is 0 Å². The van der Waals surface area contributed by atoms with Crippen molar-refractivity contribution in [2.24, 2.45) is 5.92 Å². The van der Waals surface area contributed by atoms with Crippen molar-refractivity contribution >= 4 is 31.8 Å². The molecule has 0 amide bonds. The highest BCUT2D eigenvalue weighted by molar-refractivity contribution is 9.10. The first-order chi connectivity index (χ1) is 9.98. The maximum Gasteiger partial charge on any atom is 0.246 e. The van der Waals surface area contributed by atoms with Gasteiger partial charge in [0.2, 0.25) is 10.0 Å². The Bertz CT molecular complexity index is 588. The van der Waals surface area contributed by atoms with E-state index in [2.05, 4.69) is 26.2 Å². The Labute approximate surface area is 135 Å². The molecule has 118 valence electrons. The Morgan fingerprint density at radius 1 is 1.43 bits per heavy atom. The van der Waals surface area contributed by atoms with Gasteiger partial charge in [-0.05, 0) is 54.1 Å². The van der Waals surface area contributed by atoms with Gasteiger partial charge >= 0.3 is 0 Å². The summed E-state index contributed by atoms with van der Waals surface area (Å²) in [6.07, 6.45) is 4.69. The van der Waals surface area contributed by atoms with Crippen LogP contribution < -0.4 is 5.32 Å². The molecule has 1 heterocycles. The van der Waals surface area contributed by atoms with Crippen LogP contribution in [-0.2, 0) is 10.0 Å². The Morgan fingerprint density at radius 2 is 2.14 bits per heavy atom. The molecule has 0 aromatic carbocycles. The van der Waals surface area contributed by atoms with Gasteiger partial charge in [-0.3, -0.25) is 0 Å². The molecule has 0 saturated heterocycles. The van der Waals surface area contributed by atoms with E-state index >= 15 is 0 Å². The van der Waals surface area contributed by atoms with Gasteiger partial charge in [0, 0.05) is 30.3 Å². The summed E-state index contributed by atoms with van der Waals surface area (Å²) < 4.78 is 28.2. The van der Waals surface area contributed by atoms with E-state index < -0.39 is 10.0 Å². The fraction of sp³-hybridized carbons (Fsp3) is 0.643. The summed E-state index contributed by atoms with van der Waals surface area (Å²) in [5.41, 5.74) is 0. The van der Waals surface area contributed by atoms with Crippen LogP contribution in [0.4, 0.5) is 5.82 Å². The van der Waals surface area contributed by atoms with Crippen LogP contribution in [-0.4, -0.2) is 37.3 Å². The van der Waals surface area contributed by atoms with Gasteiger partial charge < -0.3 is 5.32 Å². The van der Waals surface area contributed by atoms with Crippen LogP contribution in [0.15, 0.2) is 21.6 Å². The molecule has 2 rings (SSSR count). The SMILES string of the molecule is CCCN(CC1CC1)S(=O)(=O)c1cc(Br)cnc1NCC. The Morgan fingerprint density at radius 3 is 2.71 bits per heavy atom. The summed E-state index contributed by atoms with van der Waals surface area (Å²) in [5, 5.41) is 3.04. The molecule has 0 aliphatic heterocycles. The van der Waals surface area contributed by atoms with E-state index in [9.17, 15) is 8.42 Å². The number of hydrogen-bond acceptors (Lipinski definition) is 4. The molecule has 0 unspecified atom stereocenters. The maximum atomic E-state index is 13.0. The smallest absolute Gasteiger partial charge is 0.246 e. The molecule has 1 aliphatic carbocycles. The summed E-state index contributed by atoms with van der Waals surface area (Å²) in [5.74, 6) is 0.951. The summed E-state index contributed by atoms with van der Waals surface area (Å²) in [6, 6.07) is 1.63. The van der Waals surface area contributed by atoms with Gasteiger partial charge in [0.1, 0.15) is 10.7 Å². The quantitative estimate of drug-likeness (QED) is 0.758.